The van der Waals surface area contributed by atoms with Gasteiger partial charge in [0.1, 0.15) is 0 Å². The zero-order chi connectivity index (χ0) is 20.8. The molecule has 0 radical (unpaired) electrons. The van der Waals surface area contributed by atoms with Crippen LogP contribution in [-0.2, 0) is 19.5 Å². The predicted octanol–water partition coefficient (Wildman–Crippen LogP) is 5.85. The van der Waals surface area contributed by atoms with E-state index in [9.17, 15) is 9.81 Å². The second-order valence-corrected chi connectivity index (χ2v) is 7.92. The highest BCUT2D eigenvalue weighted by Gasteiger charge is 2.14. The van der Waals surface area contributed by atoms with Crippen LogP contribution in [0, 0.1) is 14.6 Å². The lowest BCUT2D eigenvalue weighted by molar-refractivity contribution is 0.541. The zero-order valence-corrected chi connectivity index (χ0v) is 17.6. The van der Waals surface area contributed by atoms with Gasteiger partial charge in [0.2, 0.25) is 0 Å². The fourth-order valence-electron chi connectivity index (χ4n) is 3.48. The summed E-state index contributed by atoms with van der Waals surface area (Å²) >= 11 is 5.75. The summed E-state index contributed by atoms with van der Waals surface area (Å²) in [6.07, 6.45) is 2.11. The minimum Gasteiger partial charge on any atom is -0.317 e. The molecule has 0 saturated carbocycles. The maximum Gasteiger partial charge on any atom is 0.180 e. The van der Waals surface area contributed by atoms with E-state index >= 15 is 0 Å². The summed E-state index contributed by atoms with van der Waals surface area (Å²) in [6.45, 7) is 4.89. The normalized spacial score (nSPS) is 13.3. The Morgan fingerprint density at radius 2 is 1.41 bits per heavy atom. The van der Waals surface area contributed by atoms with Crippen LogP contribution in [0.4, 0.5) is 0 Å². The van der Waals surface area contributed by atoms with Crippen molar-refractivity contribution in [3.05, 3.63) is 74.2 Å². The molecule has 6 nitrogen and oxygen atoms in total. The SMILES string of the molecule is CC(CCn1c(=S)n(CCC(C)N=O)c2cc(Cc3ccccc3)ccc21)N=O. The van der Waals surface area contributed by atoms with Crippen LogP contribution in [0.15, 0.2) is 58.9 Å². The quantitative estimate of drug-likeness (QED) is 0.311. The number of nitrogens with zero attached hydrogens (tertiary/aromatic N) is 4. The summed E-state index contributed by atoms with van der Waals surface area (Å²) in [4.78, 5) is 21.6. The van der Waals surface area contributed by atoms with Crippen LogP contribution < -0.4 is 0 Å². The van der Waals surface area contributed by atoms with E-state index in [0.29, 0.717) is 30.7 Å². The van der Waals surface area contributed by atoms with Gasteiger partial charge in [-0.1, -0.05) is 46.8 Å². The zero-order valence-electron chi connectivity index (χ0n) is 16.8. The number of hydrogen-bond acceptors (Lipinski definition) is 5. The molecule has 0 amide bonds. The summed E-state index contributed by atoms with van der Waals surface area (Å²) in [5, 5.41) is 6.21. The summed E-state index contributed by atoms with van der Waals surface area (Å²) in [5.41, 5.74) is 4.54. The van der Waals surface area contributed by atoms with Crippen LogP contribution in [0.1, 0.15) is 37.8 Å². The van der Waals surface area contributed by atoms with E-state index in [-0.39, 0.29) is 12.1 Å². The average Bonchev–Trinajstić information content (AvgIpc) is 3.01. The first-order valence-corrected chi connectivity index (χ1v) is 10.3. The molecule has 152 valence electrons. The number of aromatic nitrogens is 2. The molecular weight excluding hydrogens is 384 g/mol. The van der Waals surface area contributed by atoms with E-state index in [4.69, 9.17) is 12.2 Å². The van der Waals surface area contributed by atoms with Crippen molar-refractivity contribution >= 4 is 23.3 Å². The van der Waals surface area contributed by atoms with Crippen molar-refractivity contribution in [3.63, 3.8) is 0 Å². The maximum atomic E-state index is 10.8. The number of hydrogen-bond donors (Lipinski definition) is 0. The van der Waals surface area contributed by atoms with Crippen molar-refractivity contribution in [1.29, 1.82) is 0 Å². The molecule has 0 aliphatic carbocycles. The second kappa shape index (κ2) is 9.69. The molecule has 2 atom stereocenters. The lowest BCUT2D eigenvalue weighted by atomic mass is 10.0. The van der Waals surface area contributed by atoms with Crippen LogP contribution >= 0.6 is 12.2 Å². The van der Waals surface area contributed by atoms with Gasteiger partial charge in [0.25, 0.3) is 0 Å². The minimum atomic E-state index is -0.262. The molecule has 0 fully saturated rings. The summed E-state index contributed by atoms with van der Waals surface area (Å²) in [5.74, 6) is 0. The first-order chi connectivity index (χ1) is 14.0. The van der Waals surface area contributed by atoms with E-state index in [0.717, 1.165) is 17.5 Å². The van der Waals surface area contributed by atoms with Gasteiger partial charge in [0.05, 0.1) is 23.1 Å². The monoisotopic (exact) mass is 410 g/mol. The van der Waals surface area contributed by atoms with Gasteiger partial charge < -0.3 is 9.13 Å². The Labute approximate surface area is 175 Å². The molecule has 0 N–H and O–H groups in total. The Morgan fingerprint density at radius 3 is 2.00 bits per heavy atom. The van der Waals surface area contributed by atoms with Crippen LogP contribution in [0.5, 0.6) is 0 Å². The van der Waals surface area contributed by atoms with Crippen LogP contribution in [0.2, 0.25) is 0 Å². The van der Waals surface area contributed by atoms with E-state index in [2.05, 4.69) is 49.8 Å². The molecule has 0 aliphatic rings. The number of rotatable bonds is 10. The Hall–Kier alpha value is -2.67. The van der Waals surface area contributed by atoms with Crippen molar-refractivity contribution in [2.24, 2.45) is 10.4 Å². The molecule has 3 rings (SSSR count). The van der Waals surface area contributed by atoms with E-state index in [1.165, 1.54) is 11.1 Å². The standard InChI is InChI=1S/C22H26N4O2S/c1-16(23-27)10-12-25-20-9-8-19(14-18-6-4-3-5-7-18)15-21(20)26(22(25)29)13-11-17(2)24-28/h3-9,15-17H,10-14H2,1-2H3. The average molecular weight is 411 g/mol. The van der Waals surface area contributed by atoms with Crippen molar-refractivity contribution in [2.45, 2.75) is 58.3 Å². The van der Waals surface area contributed by atoms with Gasteiger partial charge >= 0.3 is 0 Å². The molecular formula is C22H26N4O2S. The molecule has 0 bridgehead atoms. The number of fused-ring (bicyclic) bond motifs is 1. The summed E-state index contributed by atoms with van der Waals surface area (Å²) in [7, 11) is 0. The molecule has 1 aromatic heterocycles. The summed E-state index contributed by atoms with van der Waals surface area (Å²) < 4.78 is 4.85. The fourth-order valence-corrected chi connectivity index (χ4v) is 3.86. The van der Waals surface area contributed by atoms with Crippen molar-refractivity contribution < 1.29 is 0 Å². The van der Waals surface area contributed by atoms with Gasteiger partial charge in [0, 0.05) is 13.1 Å². The number of imidazole rings is 1. The van der Waals surface area contributed by atoms with Gasteiger partial charge in [-0.3, -0.25) is 0 Å². The first-order valence-electron chi connectivity index (χ1n) is 9.94. The van der Waals surface area contributed by atoms with Gasteiger partial charge in [0.15, 0.2) is 4.77 Å². The molecule has 0 saturated heterocycles. The predicted molar refractivity (Wildman–Crippen MR) is 120 cm³/mol. The summed E-state index contributed by atoms with van der Waals surface area (Å²) in [6, 6.07) is 16.2. The van der Waals surface area contributed by atoms with Gasteiger partial charge in [-0.25, -0.2) is 0 Å². The van der Waals surface area contributed by atoms with Crippen LogP contribution in [0.3, 0.4) is 0 Å². The highest BCUT2D eigenvalue weighted by atomic mass is 32.1. The van der Waals surface area contributed by atoms with Crippen molar-refractivity contribution in [3.8, 4) is 0 Å². The highest BCUT2D eigenvalue weighted by molar-refractivity contribution is 7.71. The molecule has 2 aromatic carbocycles. The second-order valence-electron chi connectivity index (χ2n) is 7.56. The third kappa shape index (κ3) is 5.03. The van der Waals surface area contributed by atoms with Crippen molar-refractivity contribution in [1.82, 2.24) is 9.13 Å². The molecule has 1 heterocycles. The minimum absolute atomic E-state index is 0.257. The lowest BCUT2D eigenvalue weighted by Crippen LogP contribution is -2.08. The smallest absolute Gasteiger partial charge is 0.180 e. The Morgan fingerprint density at radius 1 is 0.828 bits per heavy atom. The third-order valence-electron chi connectivity index (χ3n) is 5.24. The first kappa shape index (κ1) is 21.0. The number of benzene rings is 2. The Balaban J connectivity index is 1.99. The maximum absolute atomic E-state index is 10.8. The van der Waals surface area contributed by atoms with Crippen molar-refractivity contribution in [2.75, 3.05) is 0 Å². The van der Waals surface area contributed by atoms with Gasteiger partial charge in [-0.15, -0.1) is 0 Å². The third-order valence-corrected chi connectivity index (χ3v) is 5.68. The largest absolute Gasteiger partial charge is 0.317 e. The molecule has 0 spiro atoms. The van der Waals surface area contributed by atoms with Gasteiger partial charge in [-0.2, -0.15) is 9.81 Å². The Kier molecular flexibility index (Phi) is 7.04. The van der Waals surface area contributed by atoms with Crippen LogP contribution in [0.25, 0.3) is 11.0 Å². The molecule has 3 aromatic rings. The Bertz CT molecular complexity index is 1040. The molecule has 29 heavy (non-hydrogen) atoms. The number of nitroso groups, excluding NO2 is 2. The number of aryl methyl sites for hydroxylation is 2. The highest BCUT2D eigenvalue weighted by Crippen LogP contribution is 2.23. The fraction of sp³-hybridized carbons (Fsp3) is 0.409. The molecule has 2 unspecified atom stereocenters. The van der Waals surface area contributed by atoms with E-state index < -0.39 is 0 Å². The topological polar surface area (TPSA) is 68.7 Å². The molecule has 7 heteroatoms. The van der Waals surface area contributed by atoms with E-state index in [1.54, 1.807) is 0 Å². The lowest BCUT2D eigenvalue weighted by Gasteiger charge is -2.07. The van der Waals surface area contributed by atoms with Gasteiger partial charge in [-0.05, 0) is 68.6 Å². The van der Waals surface area contributed by atoms with E-state index in [1.807, 2.05) is 32.0 Å². The molecule has 0 aliphatic heterocycles. The van der Waals surface area contributed by atoms with Crippen LogP contribution in [-0.4, -0.2) is 21.2 Å².